The second kappa shape index (κ2) is 8.70. The molecule has 0 bridgehead atoms. The average Bonchev–Trinajstić information content (AvgIpc) is 3.29. The van der Waals surface area contributed by atoms with Gasteiger partial charge in [-0.1, -0.05) is 29.3 Å². The first kappa shape index (κ1) is 19.0. The van der Waals surface area contributed by atoms with E-state index in [4.69, 9.17) is 23.2 Å². The first-order valence-electron chi connectivity index (χ1n) is 8.02. The van der Waals surface area contributed by atoms with Crippen LogP contribution in [0.15, 0.2) is 18.2 Å². The molecule has 1 saturated carbocycles. The normalized spacial score (nSPS) is 19.2. The van der Waals surface area contributed by atoms with Crippen LogP contribution in [0.1, 0.15) is 12.0 Å². The van der Waals surface area contributed by atoms with Crippen LogP contribution in [0.5, 0.6) is 0 Å². The maximum absolute atomic E-state index is 12.1. The van der Waals surface area contributed by atoms with E-state index in [-0.39, 0.29) is 23.7 Å². The van der Waals surface area contributed by atoms with Crippen molar-refractivity contribution in [3.8, 4) is 0 Å². The Balaban J connectivity index is 1.68. The molecule has 0 heterocycles. The Labute approximate surface area is 152 Å². The number of nitrogens with zero attached hydrogens (tertiary/aromatic N) is 1. The van der Waals surface area contributed by atoms with Crippen LogP contribution >= 0.6 is 23.2 Å². The van der Waals surface area contributed by atoms with Crippen LogP contribution < -0.4 is 10.6 Å². The summed E-state index contributed by atoms with van der Waals surface area (Å²) in [6.07, 6.45) is 1.26. The fraction of sp³-hybridized carbons (Fsp3) is 0.529. The average molecular weight is 372 g/mol. The number of amides is 2. The van der Waals surface area contributed by atoms with E-state index in [2.05, 4.69) is 10.6 Å². The van der Waals surface area contributed by atoms with E-state index in [1.54, 1.807) is 12.1 Å². The van der Waals surface area contributed by atoms with Crippen molar-refractivity contribution in [2.75, 3.05) is 33.7 Å². The zero-order chi connectivity index (χ0) is 17.7. The van der Waals surface area contributed by atoms with Crippen LogP contribution in [0.3, 0.4) is 0 Å². The SMILES string of the molecule is CN(C)CCNC(=O)C1CC1C(=O)NCCc1ccc(Cl)cc1Cl. The van der Waals surface area contributed by atoms with Gasteiger partial charge in [-0.2, -0.15) is 0 Å². The van der Waals surface area contributed by atoms with Crippen LogP contribution in [0.2, 0.25) is 10.0 Å². The van der Waals surface area contributed by atoms with Crippen LogP contribution in [0.25, 0.3) is 0 Å². The quantitative estimate of drug-likeness (QED) is 0.734. The fourth-order valence-corrected chi connectivity index (χ4v) is 2.99. The number of nitrogens with one attached hydrogen (secondary N) is 2. The standard InChI is InChI=1S/C17H23Cl2N3O2/c1-22(2)8-7-21-17(24)14-10-13(14)16(23)20-6-5-11-3-4-12(18)9-15(11)19/h3-4,9,13-14H,5-8,10H2,1-2H3,(H,20,23)(H,21,24). The molecule has 1 aliphatic rings. The first-order chi connectivity index (χ1) is 11.4. The molecule has 1 aliphatic carbocycles. The number of rotatable bonds is 8. The molecule has 1 fully saturated rings. The predicted molar refractivity (Wildman–Crippen MR) is 96.3 cm³/mol. The van der Waals surface area contributed by atoms with Crippen molar-refractivity contribution in [1.82, 2.24) is 15.5 Å². The third kappa shape index (κ3) is 5.65. The maximum atomic E-state index is 12.1. The number of halogens is 2. The highest BCUT2D eigenvalue weighted by Crippen LogP contribution is 2.38. The third-order valence-corrected chi connectivity index (χ3v) is 4.62. The van der Waals surface area contributed by atoms with E-state index >= 15 is 0 Å². The molecule has 2 atom stereocenters. The van der Waals surface area contributed by atoms with E-state index in [0.717, 1.165) is 12.1 Å². The van der Waals surface area contributed by atoms with E-state index in [0.29, 0.717) is 36.0 Å². The second-order valence-corrected chi connectivity index (χ2v) is 7.16. The Hall–Kier alpha value is -1.30. The monoisotopic (exact) mass is 371 g/mol. The summed E-state index contributed by atoms with van der Waals surface area (Å²) < 4.78 is 0. The number of carbonyl (C=O) groups is 2. The van der Waals surface area contributed by atoms with Gasteiger partial charge < -0.3 is 15.5 Å². The molecule has 2 N–H and O–H groups in total. The smallest absolute Gasteiger partial charge is 0.223 e. The number of likely N-dealkylation sites (N-methyl/N-ethyl adjacent to an activating group) is 1. The van der Waals surface area contributed by atoms with Crippen molar-refractivity contribution in [2.24, 2.45) is 11.8 Å². The molecule has 0 spiro atoms. The van der Waals surface area contributed by atoms with Crippen molar-refractivity contribution >= 4 is 35.0 Å². The summed E-state index contributed by atoms with van der Waals surface area (Å²) in [7, 11) is 3.90. The summed E-state index contributed by atoms with van der Waals surface area (Å²) in [5.41, 5.74) is 0.940. The summed E-state index contributed by atoms with van der Waals surface area (Å²) in [4.78, 5) is 26.0. The number of carbonyl (C=O) groups excluding carboxylic acids is 2. The first-order valence-corrected chi connectivity index (χ1v) is 8.78. The Morgan fingerprint density at radius 1 is 1.12 bits per heavy atom. The van der Waals surface area contributed by atoms with E-state index < -0.39 is 0 Å². The maximum Gasteiger partial charge on any atom is 0.223 e. The van der Waals surface area contributed by atoms with Crippen molar-refractivity contribution in [1.29, 1.82) is 0 Å². The lowest BCUT2D eigenvalue weighted by Crippen LogP contribution is -2.34. The zero-order valence-electron chi connectivity index (χ0n) is 13.9. The lowest BCUT2D eigenvalue weighted by Gasteiger charge is -2.10. The summed E-state index contributed by atoms with van der Waals surface area (Å²) in [5.74, 6) is -0.484. The summed E-state index contributed by atoms with van der Waals surface area (Å²) >= 11 is 12.0. The summed E-state index contributed by atoms with van der Waals surface area (Å²) in [6, 6.07) is 5.32. The molecular weight excluding hydrogens is 349 g/mol. The molecule has 132 valence electrons. The highest BCUT2D eigenvalue weighted by molar-refractivity contribution is 6.35. The molecule has 1 aromatic rings. The van der Waals surface area contributed by atoms with Gasteiger partial charge in [-0.3, -0.25) is 9.59 Å². The van der Waals surface area contributed by atoms with Gasteiger partial charge in [0, 0.05) is 29.7 Å². The van der Waals surface area contributed by atoms with E-state index in [1.165, 1.54) is 0 Å². The molecule has 0 aromatic heterocycles. The van der Waals surface area contributed by atoms with Gasteiger partial charge in [-0.15, -0.1) is 0 Å². The van der Waals surface area contributed by atoms with Gasteiger partial charge in [0.05, 0.1) is 11.8 Å². The topological polar surface area (TPSA) is 61.4 Å². The van der Waals surface area contributed by atoms with Gasteiger partial charge in [-0.05, 0) is 44.6 Å². The molecule has 2 amide bonds. The van der Waals surface area contributed by atoms with Crippen LogP contribution in [0.4, 0.5) is 0 Å². The molecule has 7 heteroatoms. The highest BCUT2D eigenvalue weighted by atomic mass is 35.5. The Morgan fingerprint density at radius 3 is 2.33 bits per heavy atom. The molecule has 2 unspecified atom stereocenters. The number of hydrogen-bond acceptors (Lipinski definition) is 3. The molecule has 0 radical (unpaired) electrons. The van der Waals surface area contributed by atoms with Gasteiger partial charge in [0.15, 0.2) is 0 Å². The molecule has 5 nitrogen and oxygen atoms in total. The number of benzene rings is 1. The minimum Gasteiger partial charge on any atom is -0.356 e. The zero-order valence-corrected chi connectivity index (χ0v) is 15.5. The lowest BCUT2D eigenvalue weighted by molar-refractivity contribution is -0.127. The summed E-state index contributed by atoms with van der Waals surface area (Å²) in [6.45, 7) is 1.88. The van der Waals surface area contributed by atoms with Crippen LogP contribution in [-0.2, 0) is 16.0 Å². The van der Waals surface area contributed by atoms with Crippen LogP contribution in [0, 0.1) is 11.8 Å². The minimum absolute atomic E-state index is 0.0299. The van der Waals surface area contributed by atoms with Crippen molar-refractivity contribution in [3.63, 3.8) is 0 Å². The molecule has 1 aromatic carbocycles. The van der Waals surface area contributed by atoms with Gasteiger partial charge in [0.2, 0.25) is 11.8 Å². The summed E-state index contributed by atoms with van der Waals surface area (Å²) in [5, 5.41) is 6.93. The molecule has 0 saturated heterocycles. The van der Waals surface area contributed by atoms with Gasteiger partial charge in [-0.25, -0.2) is 0 Å². The Morgan fingerprint density at radius 2 is 1.75 bits per heavy atom. The van der Waals surface area contributed by atoms with Crippen LogP contribution in [-0.4, -0.2) is 50.4 Å². The van der Waals surface area contributed by atoms with Crippen molar-refractivity contribution < 1.29 is 9.59 Å². The third-order valence-electron chi connectivity index (χ3n) is 4.03. The fourth-order valence-electron chi connectivity index (χ4n) is 2.48. The lowest BCUT2D eigenvalue weighted by atomic mass is 10.1. The van der Waals surface area contributed by atoms with Crippen molar-refractivity contribution in [2.45, 2.75) is 12.8 Å². The largest absolute Gasteiger partial charge is 0.356 e. The van der Waals surface area contributed by atoms with Gasteiger partial charge in [0.1, 0.15) is 0 Å². The second-order valence-electron chi connectivity index (χ2n) is 6.32. The molecule has 24 heavy (non-hydrogen) atoms. The molecular formula is C17H23Cl2N3O2. The Bertz CT molecular complexity index is 607. The number of hydrogen-bond donors (Lipinski definition) is 2. The van der Waals surface area contributed by atoms with E-state index in [1.807, 2.05) is 25.1 Å². The van der Waals surface area contributed by atoms with E-state index in [9.17, 15) is 9.59 Å². The highest BCUT2D eigenvalue weighted by Gasteiger charge is 2.47. The van der Waals surface area contributed by atoms with Crippen molar-refractivity contribution in [3.05, 3.63) is 33.8 Å². The minimum atomic E-state index is -0.204. The predicted octanol–water partition coefficient (Wildman–Crippen LogP) is 1.97. The molecule has 2 rings (SSSR count). The van der Waals surface area contributed by atoms with Gasteiger partial charge in [0.25, 0.3) is 0 Å². The van der Waals surface area contributed by atoms with Gasteiger partial charge >= 0.3 is 0 Å². The Kier molecular flexibility index (Phi) is 6.90. The molecule has 0 aliphatic heterocycles.